The first-order valence-corrected chi connectivity index (χ1v) is 8.35. The zero-order chi connectivity index (χ0) is 18.1. The van der Waals surface area contributed by atoms with E-state index < -0.39 is 24.3 Å². The van der Waals surface area contributed by atoms with Crippen LogP contribution in [0.5, 0.6) is 0 Å². The number of hydrogen-bond donors (Lipinski definition) is 1. The van der Waals surface area contributed by atoms with Gasteiger partial charge in [-0.3, -0.25) is 9.59 Å². The molecule has 0 aliphatic rings. The molecule has 0 saturated carbocycles. The monoisotopic (exact) mass is 358 g/mol. The predicted molar refractivity (Wildman–Crippen MR) is 92.5 cm³/mol. The van der Waals surface area contributed by atoms with Gasteiger partial charge in [-0.2, -0.15) is 5.26 Å². The fourth-order valence-corrected chi connectivity index (χ4v) is 2.62. The van der Waals surface area contributed by atoms with E-state index >= 15 is 0 Å². The number of thioether (sulfide) groups is 1. The number of carbonyl (C=O) groups is 2. The van der Waals surface area contributed by atoms with Gasteiger partial charge >= 0.3 is 5.97 Å². The molecule has 0 atom stereocenters. The highest BCUT2D eigenvalue weighted by molar-refractivity contribution is 8.00. The summed E-state index contributed by atoms with van der Waals surface area (Å²) in [4.78, 5) is 23.7. The van der Waals surface area contributed by atoms with Crippen molar-refractivity contribution < 1.29 is 18.7 Å². The number of amides is 1. The molecule has 0 aromatic heterocycles. The minimum atomic E-state index is -0.604. The van der Waals surface area contributed by atoms with Gasteiger partial charge in [-0.05, 0) is 29.8 Å². The van der Waals surface area contributed by atoms with Gasteiger partial charge in [-0.25, -0.2) is 4.39 Å². The number of halogens is 1. The molecule has 25 heavy (non-hydrogen) atoms. The number of ether oxygens (including phenoxy) is 1. The molecule has 0 saturated heterocycles. The first-order chi connectivity index (χ1) is 12.1. The van der Waals surface area contributed by atoms with Gasteiger partial charge in [-0.15, -0.1) is 11.8 Å². The number of nitrogens with one attached hydrogen (secondary N) is 1. The Bertz CT molecular complexity index is 788. The maximum absolute atomic E-state index is 13.4. The van der Waals surface area contributed by atoms with Crippen molar-refractivity contribution in [2.45, 2.75) is 11.3 Å². The minimum absolute atomic E-state index is 0.0862. The molecule has 0 bridgehead atoms. The van der Waals surface area contributed by atoms with Gasteiger partial charge in [0.05, 0.1) is 18.2 Å². The van der Waals surface area contributed by atoms with Crippen LogP contribution < -0.4 is 5.32 Å². The lowest BCUT2D eigenvalue weighted by Crippen LogP contribution is -2.21. The molecule has 128 valence electrons. The van der Waals surface area contributed by atoms with Crippen LogP contribution in [0.15, 0.2) is 53.4 Å². The van der Waals surface area contributed by atoms with E-state index in [1.807, 2.05) is 6.07 Å². The van der Waals surface area contributed by atoms with Crippen molar-refractivity contribution in [3.8, 4) is 6.07 Å². The molecule has 0 aliphatic carbocycles. The van der Waals surface area contributed by atoms with Gasteiger partial charge in [0.25, 0.3) is 5.91 Å². The maximum Gasteiger partial charge on any atom is 0.316 e. The van der Waals surface area contributed by atoms with Crippen molar-refractivity contribution in [3.63, 3.8) is 0 Å². The summed E-state index contributed by atoms with van der Waals surface area (Å²) in [5.41, 5.74) is 1.39. The second kappa shape index (κ2) is 9.45. The first-order valence-electron chi connectivity index (χ1n) is 7.37. The predicted octanol–water partition coefficient (Wildman–Crippen LogP) is 3.17. The lowest BCUT2D eigenvalue weighted by molar-refractivity contribution is -0.144. The molecule has 7 heteroatoms. The molecule has 1 N–H and O–H groups in total. The second-order valence-corrected chi connectivity index (χ2v) is 5.98. The fraction of sp³-hybridized carbons (Fsp3) is 0.167. The van der Waals surface area contributed by atoms with Crippen LogP contribution in [0.3, 0.4) is 0 Å². The SMILES string of the molecule is N#CCc1ccc(NC(=O)COC(=O)CSc2ccccc2F)cc1. The van der Waals surface area contributed by atoms with E-state index in [1.54, 1.807) is 42.5 Å². The van der Waals surface area contributed by atoms with Crippen molar-refractivity contribution in [2.75, 3.05) is 17.7 Å². The van der Waals surface area contributed by atoms with Crippen LogP contribution in [0.2, 0.25) is 0 Å². The summed E-state index contributed by atoms with van der Waals surface area (Å²) in [5, 5.41) is 11.2. The molecule has 0 heterocycles. The molecular weight excluding hydrogens is 343 g/mol. The van der Waals surface area contributed by atoms with Crippen molar-refractivity contribution in [1.82, 2.24) is 0 Å². The molecule has 0 fully saturated rings. The fourth-order valence-electron chi connectivity index (χ4n) is 1.88. The molecule has 0 unspecified atom stereocenters. The summed E-state index contributed by atoms with van der Waals surface area (Å²) in [5.74, 6) is -1.57. The zero-order valence-electron chi connectivity index (χ0n) is 13.2. The topological polar surface area (TPSA) is 79.2 Å². The van der Waals surface area contributed by atoms with E-state index in [0.717, 1.165) is 17.3 Å². The summed E-state index contributed by atoms with van der Waals surface area (Å²) in [6.07, 6.45) is 0.297. The number of nitrogens with zero attached hydrogens (tertiary/aromatic N) is 1. The van der Waals surface area contributed by atoms with Crippen LogP contribution in [0, 0.1) is 17.1 Å². The highest BCUT2D eigenvalue weighted by atomic mass is 32.2. The van der Waals surface area contributed by atoms with Crippen LogP contribution in [0.4, 0.5) is 10.1 Å². The molecule has 0 spiro atoms. The summed E-state index contributed by atoms with van der Waals surface area (Å²) in [6, 6.07) is 14.9. The van der Waals surface area contributed by atoms with E-state index in [-0.39, 0.29) is 5.75 Å². The third-order valence-corrected chi connectivity index (χ3v) is 4.09. The first kappa shape index (κ1) is 18.5. The van der Waals surface area contributed by atoms with Crippen molar-refractivity contribution in [2.24, 2.45) is 0 Å². The van der Waals surface area contributed by atoms with Crippen LogP contribution in [0.25, 0.3) is 0 Å². The Kier molecular flexibility index (Phi) is 6.99. The Hall–Kier alpha value is -2.85. The van der Waals surface area contributed by atoms with E-state index in [2.05, 4.69) is 5.32 Å². The zero-order valence-corrected chi connectivity index (χ0v) is 14.0. The van der Waals surface area contributed by atoms with E-state index in [4.69, 9.17) is 10.00 Å². The van der Waals surface area contributed by atoms with Gasteiger partial charge in [-0.1, -0.05) is 24.3 Å². The van der Waals surface area contributed by atoms with E-state index in [9.17, 15) is 14.0 Å². The number of anilines is 1. The number of hydrogen-bond acceptors (Lipinski definition) is 5. The van der Waals surface area contributed by atoms with Gasteiger partial charge in [0, 0.05) is 10.6 Å². The molecule has 0 aliphatic heterocycles. The van der Waals surface area contributed by atoms with Crippen LogP contribution in [-0.4, -0.2) is 24.2 Å². The van der Waals surface area contributed by atoms with Gasteiger partial charge < -0.3 is 10.1 Å². The summed E-state index contributed by atoms with van der Waals surface area (Å²) in [6.45, 7) is -0.420. The minimum Gasteiger partial charge on any atom is -0.455 e. The maximum atomic E-state index is 13.4. The van der Waals surface area contributed by atoms with Gasteiger partial charge in [0.1, 0.15) is 5.82 Å². The molecular formula is C18H15FN2O3S. The molecule has 2 rings (SSSR count). The number of nitriles is 1. The Balaban J connectivity index is 1.73. The quantitative estimate of drug-likeness (QED) is 0.607. The van der Waals surface area contributed by atoms with Crippen molar-refractivity contribution in [3.05, 3.63) is 59.9 Å². The molecule has 1 amide bonds. The Morgan fingerprint density at radius 2 is 1.88 bits per heavy atom. The largest absolute Gasteiger partial charge is 0.455 e. The Morgan fingerprint density at radius 1 is 1.16 bits per heavy atom. The molecule has 2 aromatic carbocycles. The lowest BCUT2D eigenvalue weighted by atomic mass is 10.1. The Labute approximate surface area is 148 Å². The van der Waals surface area contributed by atoms with E-state index in [0.29, 0.717) is 17.0 Å². The van der Waals surface area contributed by atoms with Crippen LogP contribution >= 0.6 is 11.8 Å². The highest BCUT2D eigenvalue weighted by Gasteiger charge is 2.10. The normalized spacial score (nSPS) is 9.92. The van der Waals surface area contributed by atoms with Crippen LogP contribution in [-0.2, 0) is 20.7 Å². The summed E-state index contributed by atoms with van der Waals surface area (Å²) >= 11 is 1.01. The third kappa shape index (κ3) is 6.28. The van der Waals surface area contributed by atoms with Crippen LogP contribution in [0.1, 0.15) is 5.56 Å². The number of carbonyl (C=O) groups excluding carboxylic acids is 2. The Morgan fingerprint density at radius 3 is 2.56 bits per heavy atom. The number of rotatable bonds is 7. The van der Waals surface area contributed by atoms with Gasteiger partial charge in [0.15, 0.2) is 6.61 Å². The highest BCUT2D eigenvalue weighted by Crippen LogP contribution is 2.21. The van der Waals surface area contributed by atoms with Gasteiger partial charge in [0.2, 0.25) is 0 Å². The summed E-state index contributed by atoms with van der Waals surface area (Å²) in [7, 11) is 0. The standard InChI is InChI=1S/C18H15FN2O3S/c19-15-3-1-2-4-16(15)25-12-18(23)24-11-17(22)21-14-7-5-13(6-8-14)9-10-20/h1-8H,9,11-12H2,(H,21,22). The second-order valence-electron chi connectivity index (χ2n) is 4.96. The number of esters is 1. The van der Waals surface area contributed by atoms with Crippen molar-refractivity contribution >= 4 is 29.3 Å². The molecule has 5 nitrogen and oxygen atoms in total. The van der Waals surface area contributed by atoms with Crippen molar-refractivity contribution in [1.29, 1.82) is 5.26 Å². The summed E-state index contributed by atoms with van der Waals surface area (Å²) < 4.78 is 18.3. The lowest BCUT2D eigenvalue weighted by Gasteiger charge is -2.07. The smallest absolute Gasteiger partial charge is 0.316 e. The average Bonchev–Trinajstić information content (AvgIpc) is 2.61. The number of benzene rings is 2. The molecule has 2 aromatic rings. The van der Waals surface area contributed by atoms with E-state index in [1.165, 1.54) is 6.07 Å². The molecule has 0 radical (unpaired) electrons. The third-order valence-electron chi connectivity index (χ3n) is 3.07. The average molecular weight is 358 g/mol.